The summed E-state index contributed by atoms with van der Waals surface area (Å²) >= 11 is 0. The first-order valence-electron chi connectivity index (χ1n) is 9.29. The van der Waals surface area contributed by atoms with E-state index in [-0.39, 0.29) is 17.8 Å². The van der Waals surface area contributed by atoms with Crippen molar-refractivity contribution in [2.24, 2.45) is 0 Å². The fourth-order valence-corrected chi connectivity index (χ4v) is 3.14. The van der Waals surface area contributed by atoms with E-state index in [0.29, 0.717) is 18.0 Å². The van der Waals surface area contributed by atoms with Crippen LogP contribution in [0.4, 0.5) is 15.8 Å². The summed E-state index contributed by atoms with van der Waals surface area (Å²) in [6.45, 7) is 7.45. The van der Waals surface area contributed by atoms with Crippen LogP contribution in [0.5, 0.6) is 5.75 Å². The molecule has 1 aliphatic heterocycles. The molecule has 1 saturated heterocycles. The normalized spacial score (nSPS) is 15.0. The maximum absolute atomic E-state index is 13.1. The summed E-state index contributed by atoms with van der Waals surface area (Å²) in [5.41, 5.74) is 1.71. The van der Waals surface area contributed by atoms with Gasteiger partial charge in [0.1, 0.15) is 11.6 Å². The number of hydrogen-bond donors (Lipinski definition) is 1. The number of nitrogens with one attached hydrogen (secondary N) is 1. The number of anilines is 2. The van der Waals surface area contributed by atoms with E-state index >= 15 is 0 Å². The lowest BCUT2D eigenvalue weighted by atomic mass is 10.2. The Morgan fingerprint density at radius 1 is 1.07 bits per heavy atom. The van der Waals surface area contributed by atoms with Gasteiger partial charge in [0.15, 0.2) is 0 Å². The van der Waals surface area contributed by atoms with Gasteiger partial charge in [-0.3, -0.25) is 9.69 Å². The Kier molecular flexibility index (Phi) is 6.29. The SMILES string of the molecule is CC(C)Oc1ccccc1NC(=O)CN1CCN(c2ccc(F)cc2)CC1. The number of carbonyl (C=O) groups excluding carboxylic acids is 1. The third kappa shape index (κ3) is 5.44. The highest BCUT2D eigenvalue weighted by molar-refractivity contribution is 5.93. The van der Waals surface area contributed by atoms with Crippen LogP contribution in [-0.2, 0) is 4.79 Å². The molecule has 144 valence electrons. The quantitative estimate of drug-likeness (QED) is 0.846. The molecule has 5 nitrogen and oxygen atoms in total. The zero-order valence-electron chi connectivity index (χ0n) is 15.8. The fourth-order valence-electron chi connectivity index (χ4n) is 3.14. The number of ether oxygens (including phenoxy) is 1. The van der Waals surface area contributed by atoms with E-state index in [9.17, 15) is 9.18 Å². The second-order valence-electron chi connectivity index (χ2n) is 6.95. The lowest BCUT2D eigenvalue weighted by Crippen LogP contribution is -2.48. The zero-order valence-corrected chi connectivity index (χ0v) is 15.8. The first-order valence-corrected chi connectivity index (χ1v) is 9.29. The number of piperazine rings is 1. The van der Waals surface area contributed by atoms with E-state index in [2.05, 4.69) is 15.1 Å². The topological polar surface area (TPSA) is 44.8 Å². The molecule has 0 spiro atoms. The Bertz CT molecular complexity index is 756. The van der Waals surface area contributed by atoms with Crippen molar-refractivity contribution in [3.05, 3.63) is 54.3 Å². The van der Waals surface area contributed by atoms with Crippen molar-refractivity contribution < 1.29 is 13.9 Å². The minimum Gasteiger partial charge on any atom is -0.489 e. The molecule has 2 aromatic carbocycles. The molecule has 0 aromatic heterocycles. The second-order valence-corrected chi connectivity index (χ2v) is 6.95. The number of para-hydroxylation sites is 2. The van der Waals surface area contributed by atoms with Crippen molar-refractivity contribution in [1.29, 1.82) is 0 Å². The van der Waals surface area contributed by atoms with E-state index in [4.69, 9.17) is 4.74 Å². The van der Waals surface area contributed by atoms with E-state index in [1.54, 1.807) is 12.1 Å². The van der Waals surface area contributed by atoms with Gasteiger partial charge >= 0.3 is 0 Å². The van der Waals surface area contributed by atoms with Crippen LogP contribution in [0.15, 0.2) is 48.5 Å². The molecule has 0 radical (unpaired) electrons. The molecule has 1 aliphatic rings. The maximum atomic E-state index is 13.1. The highest BCUT2D eigenvalue weighted by Gasteiger charge is 2.20. The smallest absolute Gasteiger partial charge is 0.238 e. The third-order valence-corrected chi connectivity index (χ3v) is 4.46. The number of benzene rings is 2. The number of nitrogens with zero attached hydrogens (tertiary/aromatic N) is 2. The van der Waals surface area contributed by atoms with E-state index < -0.39 is 0 Å². The predicted molar refractivity (Wildman–Crippen MR) is 106 cm³/mol. The van der Waals surface area contributed by atoms with Crippen LogP contribution in [-0.4, -0.2) is 49.6 Å². The third-order valence-electron chi connectivity index (χ3n) is 4.46. The number of rotatable bonds is 6. The lowest BCUT2D eigenvalue weighted by molar-refractivity contribution is -0.117. The average molecular weight is 371 g/mol. The van der Waals surface area contributed by atoms with Crippen LogP contribution < -0.4 is 15.0 Å². The Hall–Kier alpha value is -2.60. The van der Waals surface area contributed by atoms with Crippen molar-refractivity contribution in [2.75, 3.05) is 42.9 Å². The van der Waals surface area contributed by atoms with Gasteiger partial charge < -0.3 is 15.0 Å². The van der Waals surface area contributed by atoms with Crippen molar-refractivity contribution >= 4 is 17.3 Å². The molecule has 2 aromatic rings. The van der Waals surface area contributed by atoms with Crippen LogP contribution in [0.2, 0.25) is 0 Å². The molecule has 6 heteroatoms. The molecule has 1 amide bonds. The summed E-state index contributed by atoms with van der Waals surface area (Å²) in [5.74, 6) is 0.405. The van der Waals surface area contributed by atoms with Crippen LogP contribution >= 0.6 is 0 Å². The van der Waals surface area contributed by atoms with Gasteiger partial charge in [-0.2, -0.15) is 0 Å². The van der Waals surface area contributed by atoms with Crippen molar-refractivity contribution in [3.63, 3.8) is 0 Å². The molecule has 1 heterocycles. The van der Waals surface area contributed by atoms with Gasteiger partial charge in [0.05, 0.1) is 18.3 Å². The van der Waals surface area contributed by atoms with Gasteiger partial charge in [-0.25, -0.2) is 4.39 Å². The molecule has 1 N–H and O–H groups in total. The molecule has 1 fully saturated rings. The standard InChI is InChI=1S/C21H26FN3O2/c1-16(2)27-20-6-4-3-5-19(20)23-21(26)15-24-11-13-25(14-12-24)18-9-7-17(22)8-10-18/h3-10,16H,11-15H2,1-2H3,(H,23,26). The maximum Gasteiger partial charge on any atom is 0.238 e. The van der Waals surface area contributed by atoms with Crippen molar-refractivity contribution in [1.82, 2.24) is 4.90 Å². The molecule has 27 heavy (non-hydrogen) atoms. The summed E-state index contributed by atoms with van der Waals surface area (Å²) in [6.07, 6.45) is 0.0441. The van der Waals surface area contributed by atoms with Crippen molar-refractivity contribution in [3.8, 4) is 5.75 Å². The number of amides is 1. The Morgan fingerprint density at radius 3 is 2.41 bits per heavy atom. The van der Waals surface area contributed by atoms with Crippen LogP contribution in [0.1, 0.15) is 13.8 Å². The molecule has 0 atom stereocenters. The molecule has 0 saturated carbocycles. The van der Waals surface area contributed by atoms with Gasteiger partial charge in [0.2, 0.25) is 5.91 Å². The molecule has 3 rings (SSSR count). The molecule has 0 unspecified atom stereocenters. The summed E-state index contributed by atoms with van der Waals surface area (Å²) < 4.78 is 18.8. The fraction of sp³-hybridized carbons (Fsp3) is 0.381. The Balaban J connectivity index is 1.51. The Labute approximate surface area is 159 Å². The average Bonchev–Trinajstić information content (AvgIpc) is 2.64. The first kappa shape index (κ1) is 19.2. The van der Waals surface area contributed by atoms with Crippen molar-refractivity contribution in [2.45, 2.75) is 20.0 Å². The minimum absolute atomic E-state index is 0.0441. The highest BCUT2D eigenvalue weighted by Crippen LogP contribution is 2.25. The molecular formula is C21H26FN3O2. The molecule has 0 aliphatic carbocycles. The van der Waals surface area contributed by atoms with E-state index in [1.807, 2.05) is 38.1 Å². The van der Waals surface area contributed by atoms with Gasteiger partial charge in [0, 0.05) is 31.9 Å². The lowest BCUT2D eigenvalue weighted by Gasteiger charge is -2.35. The second kappa shape index (κ2) is 8.86. The minimum atomic E-state index is -0.226. The van der Waals surface area contributed by atoms with Gasteiger partial charge in [-0.15, -0.1) is 0 Å². The summed E-state index contributed by atoms with van der Waals surface area (Å²) in [5, 5.41) is 2.95. The zero-order chi connectivity index (χ0) is 19.2. The van der Waals surface area contributed by atoms with E-state index in [0.717, 1.165) is 31.9 Å². The van der Waals surface area contributed by atoms with Crippen LogP contribution in [0.3, 0.4) is 0 Å². The van der Waals surface area contributed by atoms with E-state index in [1.165, 1.54) is 12.1 Å². The number of hydrogen-bond acceptors (Lipinski definition) is 4. The largest absolute Gasteiger partial charge is 0.489 e. The summed E-state index contributed by atoms with van der Waals surface area (Å²) in [6, 6.07) is 14.0. The first-order chi connectivity index (χ1) is 13.0. The highest BCUT2D eigenvalue weighted by atomic mass is 19.1. The summed E-state index contributed by atoms with van der Waals surface area (Å²) in [4.78, 5) is 16.8. The number of halogens is 1. The van der Waals surface area contributed by atoms with Gasteiger partial charge in [-0.1, -0.05) is 12.1 Å². The summed E-state index contributed by atoms with van der Waals surface area (Å²) in [7, 11) is 0. The van der Waals surface area contributed by atoms with Crippen LogP contribution in [0.25, 0.3) is 0 Å². The Morgan fingerprint density at radius 2 is 1.74 bits per heavy atom. The van der Waals surface area contributed by atoms with Gasteiger partial charge in [0.25, 0.3) is 0 Å². The molecule has 0 bridgehead atoms. The van der Waals surface area contributed by atoms with Gasteiger partial charge in [-0.05, 0) is 50.2 Å². The number of carbonyl (C=O) groups is 1. The monoisotopic (exact) mass is 371 g/mol. The van der Waals surface area contributed by atoms with Crippen LogP contribution in [0, 0.1) is 5.82 Å². The molecular weight excluding hydrogens is 345 g/mol. The predicted octanol–water partition coefficient (Wildman–Crippen LogP) is 3.37.